The van der Waals surface area contributed by atoms with Crippen LogP contribution in [-0.4, -0.2) is 69.6 Å². The zero-order chi connectivity index (χ0) is 83.7. The third-order valence-electron chi connectivity index (χ3n) is 17.6. The number of aromatic nitrogens is 12. The Morgan fingerprint density at radius 3 is 0.908 bits per heavy atom. The van der Waals surface area contributed by atoms with Gasteiger partial charge >= 0.3 is 12.5 Å². The third-order valence-corrected chi connectivity index (χ3v) is 17.6. The van der Waals surface area contributed by atoms with Crippen LogP contribution in [0.1, 0.15) is 73.4 Å². The lowest BCUT2D eigenvalue weighted by Crippen LogP contribution is -2.22. The van der Waals surface area contributed by atoms with Crippen molar-refractivity contribution in [2.45, 2.75) is 12.5 Å². The molecule has 8 aromatic carbocycles. The van der Waals surface area contributed by atoms with Gasteiger partial charge in [0.25, 0.3) is 22.2 Å². The zero-order valence-electron chi connectivity index (χ0n) is 61.8. The highest BCUT2D eigenvalue weighted by molar-refractivity contribution is 5.81. The summed E-state index contributed by atoms with van der Waals surface area (Å²) in [5.41, 5.74) is 7.17. The molecule has 0 unspecified atom stereocenters. The van der Waals surface area contributed by atoms with E-state index in [1.54, 1.807) is 231 Å². The molecule has 578 valence electrons. The van der Waals surface area contributed by atoms with Crippen molar-refractivity contribution >= 4 is 92.7 Å². The number of nitrogens with zero attached hydrogens (tertiary/aromatic N) is 12. The first kappa shape index (κ1) is 80.3. The molecule has 0 aliphatic carbocycles. The quantitative estimate of drug-likeness (QED) is 0.0838. The van der Waals surface area contributed by atoms with E-state index >= 15 is 0 Å². The molecule has 0 amide bonds. The smallest absolute Gasteiger partial charge is 0.508 e. The van der Waals surface area contributed by atoms with Crippen molar-refractivity contribution in [1.29, 1.82) is 0 Å². The first-order chi connectivity index (χ1) is 57.5. The van der Waals surface area contributed by atoms with Gasteiger partial charge in [0, 0.05) is 47.0 Å². The first-order valence-electron chi connectivity index (χ1n) is 35.6. The van der Waals surface area contributed by atoms with Crippen molar-refractivity contribution in [3.63, 3.8) is 0 Å². The number of halogens is 7. The van der Waals surface area contributed by atoms with Gasteiger partial charge in [-0.3, -0.25) is 37.4 Å². The van der Waals surface area contributed by atoms with E-state index in [0.29, 0.717) is 89.5 Å². The number of pyridine rings is 4. The van der Waals surface area contributed by atoms with Crippen LogP contribution in [0.2, 0.25) is 0 Å². The molecule has 0 aliphatic rings. The van der Waals surface area contributed by atoms with Crippen molar-refractivity contribution in [3.8, 4) is 83.6 Å². The van der Waals surface area contributed by atoms with Gasteiger partial charge in [-0.25, -0.2) is 44.3 Å². The van der Waals surface area contributed by atoms with Gasteiger partial charge in [0.05, 0.1) is 49.9 Å². The van der Waals surface area contributed by atoms with Crippen molar-refractivity contribution in [2.75, 3.05) is 0 Å². The van der Waals surface area contributed by atoms with Crippen LogP contribution in [0.15, 0.2) is 287 Å². The Hall–Kier alpha value is -16.8. The second kappa shape index (κ2) is 35.9. The Labute approximate surface area is 672 Å². The molecule has 16 rings (SSSR count). The maximum atomic E-state index is 13.2. The zero-order valence-corrected chi connectivity index (χ0v) is 61.8. The molecule has 25 heteroatoms. The van der Waals surface area contributed by atoms with Crippen LogP contribution >= 0.6 is 0 Å². The van der Waals surface area contributed by atoms with Crippen molar-refractivity contribution < 1.29 is 40.6 Å². The third kappa shape index (κ3) is 19.5. The molecular weight excluding hydrogens is 1530 g/mol. The van der Waals surface area contributed by atoms with Crippen LogP contribution in [0.5, 0.6) is 11.5 Å². The molecule has 0 radical (unpaired) electrons. The number of alkyl halides is 6. The first-order valence-corrected chi connectivity index (χ1v) is 35.6. The number of fused-ring (bicyclic) bond motifs is 4. The highest BCUT2D eigenvalue weighted by atomic mass is 19.4. The number of hydrogen-bond donors (Lipinski definition) is 1. The molecular formula is C94H57F7N12O6. The van der Waals surface area contributed by atoms with E-state index in [9.17, 15) is 55.0 Å². The Bertz CT molecular complexity index is 6850. The second-order valence-electron chi connectivity index (χ2n) is 25.4. The van der Waals surface area contributed by atoms with Crippen LogP contribution in [-0.2, 0) is 6.18 Å². The van der Waals surface area contributed by atoms with Crippen LogP contribution in [0.4, 0.5) is 30.7 Å². The Kier molecular flexibility index (Phi) is 24.2. The van der Waals surface area contributed by atoms with Gasteiger partial charge in [-0.05, 0) is 241 Å². The largest absolute Gasteiger partial charge is 0.573 e. The van der Waals surface area contributed by atoms with Crippen LogP contribution < -0.4 is 27.0 Å². The molecule has 16 aromatic rings. The van der Waals surface area contributed by atoms with Gasteiger partial charge in [0.2, 0.25) is 0 Å². The number of hydrogen-bond acceptors (Lipinski definition) is 14. The number of ether oxygens (including phenoxy) is 1. The average molecular weight is 1580 g/mol. The minimum Gasteiger partial charge on any atom is -0.508 e. The summed E-state index contributed by atoms with van der Waals surface area (Å²) in [7, 11) is 0. The van der Waals surface area contributed by atoms with E-state index in [2.05, 4.69) is 68.3 Å². The predicted molar refractivity (Wildman–Crippen MR) is 447 cm³/mol. The van der Waals surface area contributed by atoms with Crippen molar-refractivity contribution in [1.82, 2.24) is 58.1 Å². The number of phenols is 1. The van der Waals surface area contributed by atoms with Gasteiger partial charge in [0.15, 0.2) is 22.6 Å². The summed E-state index contributed by atoms with van der Waals surface area (Å²) in [6.07, 6.45) is 32.0. The molecule has 8 heterocycles. The summed E-state index contributed by atoms with van der Waals surface area (Å²) in [5.74, 6) is 11.1. The highest BCUT2D eigenvalue weighted by Gasteiger charge is 2.32. The monoisotopic (exact) mass is 1580 g/mol. The van der Waals surface area contributed by atoms with Crippen molar-refractivity contribution in [2.24, 2.45) is 0 Å². The van der Waals surface area contributed by atoms with E-state index in [1.807, 2.05) is 6.08 Å². The minimum absolute atomic E-state index is 0.190. The van der Waals surface area contributed by atoms with Crippen LogP contribution in [0.3, 0.4) is 0 Å². The predicted octanol–water partition coefficient (Wildman–Crippen LogP) is 17.5. The van der Waals surface area contributed by atoms with Gasteiger partial charge in [-0.2, -0.15) is 13.2 Å². The lowest BCUT2D eigenvalue weighted by atomic mass is 10.1. The number of rotatable bonds is 13. The summed E-state index contributed by atoms with van der Waals surface area (Å²) in [6.45, 7) is 0. The molecule has 8 aromatic heterocycles. The van der Waals surface area contributed by atoms with Gasteiger partial charge < -0.3 is 9.84 Å². The summed E-state index contributed by atoms with van der Waals surface area (Å²) in [4.78, 5) is 87.3. The molecule has 0 aliphatic heterocycles. The number of benzene rings is 8. The fraction of sp³-hybridized carbons (Fsp3) is 0.0213. The number of phenolic OH excluding ortho intramolecular Hbond substituents is 1. The molecule has 0 spiro atoms. The van der Waals surface area contributed by atoms with E-state index in [1.165, 1.54) is 85.3 Å². The Balaban J connectivity index is 0.000000138. The highest BCUT2D eigenvalue weighted by Crippen LogP contribution is 2.30. The SMILES string of the molecule is C#Cc1ccc(-n2c(/C=C/c3ccc(C(F)(F)F)cc3)nc3ncccc3c2=O)cc1.C#Cc1ccc(-n2c(/C=C/c3ccc(F)cc3)nc3ncccc3c2=O)cc1.C#Cc1ccc(-n2c(/C=C/c3ccc(O)cc3)nc3ncccc3c2=O)cc1.C#Cc1ccc(-n2c(/C=C/c3cccc(OC(F)(F)F)c3)nc3ncccc3c2=O)cc1. The molecule has 0 fully saturated rings. The van der Waals surface area contributed by atoms with Gasteiger partial charge in [-0.15, -0.1) is 38.9 Å². The molecule has 0 saturated carbocycles. The second-order valence-corrected chi connectivity index (χ2v) is 25.4. The lowest BCUT2D eigenvalue weighted by Gasteiger charge is -2.11. The van der Waals surface area contributed by atoms with Gasteiger partial charge in [-0.1, -0.05) is 96.5 Å². The average Bonchev–Trinajstić information content (AvgIpc) is 0.788. The minimum atomic E-state index is -4.79. The van der Waals surface area contributed by atoms with Crippen LogP contribution in [0, 0.1) is 55.2 Å². The summed E-state index contributed by atoms with van der Waals surface area (Å²) >= 11 is 0. The summed E-state index contributed by atoms with van der Waals surface area (Å²) < 4.78 is 98.7. The number of terminal acetylenes is 4. The fourth-order valence-electron chi connectivity index (χ4n) is 11.9. The van der Waals surface area contributed by atoms with Crippen LogP contribution in [0.25, 0.3) is 115 Å². The molecule has 1 N–H and O–H groups in total. The Morgan fingerprint density at radius 1 is 0.336 bits per heavy atom. The molecule has 0 bridgehead atoms. The normalized spacial score (nSPS) is 11.3. The lowest BCUT2D eigenvalue weighted by molar-refractivity contribution is -0.274. The maximum Gasteiger partial charge on any atom is 0.573 e. The Morgan fingerprint density at radius 2 is 0.622 bits per heavy atom. The van der Waals surface area contributed by atoms with E-state index in [4.69, 9.17) is 25.7 Å². The fourth-order valence-corrected chi connectivity index (χ4v) is 11.9. The van der Waals surface area contributed by atoms with E-state index < -0.39 is 18.1 Å². The summed E-state index contributed by atoms with van der Waals surface area (Å²) in [6, 6.07) is 64.1. The van der Waals surface area contributed by atoms with Gasteiger partial charge in [0.1, 0.15) is 40.6 Å². The maximum absolute atomic E-state index is 13.2. The topological polar surface area (TPSA) is 221 Å². The molecule has 18 nitrogen and oxygen atoms in total. The van der Waals surface area contributed by atoms with E-state index in [0.717, 1.165) is 34.4 Å². The van der Waals surface area contributed by atoms with Crippen molar-refractivity contribution in [3.05, 3.63) is 388 Å². The summed E-state index contributed by atoms with van der Waals surface area (Å²) in [5, 5.41) is 11.0. The molecule has 0 saturated heterocycles. The number of aromatic hydroxyl groups is 1. The standard InChI is InChI=1S/C24H14F3N3O2.C24H14F3N3O.C23H14FN3O.C23H15N3O2/c1-2-16-8-11-18(12-9-16)30-21(29-22-20(23(30)31)7-4-14-28-22)13-10-17-5-3-6-19(15-17)32-24(25,26)27;1-2-16-7-12-19(13-8-16)30-21(29-22-20(23(30)31)4-3-15-28-22)14-9-17-5-10-18(11-6-17)24(25,26)27;1-2-16-7-12-19(13-8-16)27-21(14-9-17-5-10-18(24)11-6-17)26-22-20(23(27)28)4-3-15-25-22;1-2-16-5-10-18(11-6-16)26-21(14-9-17-7-12-19(27)13-8-17)25-22-20(23(26)28)4-3-15-24-22/h1,3-15H;1,3-15H;1,3-15H;1,3-15,27H/b13-10+;3*14-9+. The molecule has 0 atom stereocenters. The van der Waals surface area contributed by atoms with E-state index in [-0.39, 0.29) is 62.5 Å². The molecule has 119 heavy (non-hydrogen) atoms.